The summed E-state index contributed by atoms with van der Waals surface area (Å²) in [5, 5.41) is 1.16. The third-order valence-corrected chi connectivity index (χ3v) is 3.87. The summed E-state index contributed by atoms with van der Waals surface area (Å²) in [5.41, 5.74) is 0.810. The van der Waals surface area contributed by atoms with E-state index in [4.69, 9.17) is 0 Å². The van der Waals surface area contributed by atoms with Crippen molar-refractivity contribution in [2.45, 2.75) is 32.1 Å². The van der Waals surface area contributed by atoms with E-state index in [1.54, 1.807) is 0 Å². The van der Waals surface area contributed by atoms with Crippen molar-refractivity contribution >= 4 is 15.9 Å². The van der Waals surface area contributed by atoms with Crippen LogP contribution < -0.4 is 0 Å². The number of alkyl halides is 1. The van der Waals surface area contributed by atoms with Gasteiger partial charge >= 0.3 is 0 Å². The van der Waals surface area contributed by atoms with Gasteiger partial charge in [-0.1, -0.05) is 15.9 Å². The Bertz CT molecular complexity index is 154. The molecule has 0 atom stereocenters. The van der Waals surface area contributed by atoms with Gasteiger partial charge in [-0.25, -0.2) is 0 Å². The second-order valence-corrected chi connectivity index (χ2v) is 5.22. The van der Waals surface area contributed by atoms with Crippen molar-refractivity contribution in [1.29, 1.82) is 0 Å². The molecule has 0 unspecified atom stereocenters. The van der Waals surface area contributed by atoms with Gasteiger partial charge in [-0.15, -0.1) is 0 Å². The molecular formula is C10H18BrN. The Kier molecular flexibility index (Phi) is 2.75. The summed E-state index contributed by atoms with van der Waals surface area (Å²) in [7, 11) is 0. The lowest BCUT2D eigenvalue weighted by Crippen LogP contribution is -2.37. The Morgan fingerprint density at radius 1 is 1.25 bits per heavy atom. The fourth-order valence-electron chi connectivity index (χ4n) is 2.37. The molecule has 1 saturated heterocycles. The monoisotopic (exact) mass is 231 g/mol. The van der Waals surface area contributed by atoms with Crippen LogP contribution in [0.2, 0.25) is 0 Å². The fraction of sp³-hybridized carbons (Fsp3) is 1.00. The summed E-state index contributed by atoms with van der Waals surface area (Å²) in [4.78, 5) is 2.66. The van der Waals surface area contributed by atoms with E-state index in [1.807, 2.05) is 0 Å². The van der Waals surface area contributed by atoms with Gasteiger partial charge in [0, 0.05) is 11.9 Å². The molecule has 0 bridgehead atoms. The van der Waals surface area contributed by atoms with Crippen LogP contribution in [0, 0.1) is 5.41 Å². The summed E-state index contributed by atoms with van der Waals surface area (Å²) in [6, 6.07) is 0. The molecule has 1 aliphatic heterocycles. The highest BCUT2D eigenvalue weighted by Gasteiger charge is 2.44. The molecule has 0 N–H and O–H groups in total. The quantitative estimate of drug-likeness (QED) is 0.676. The molecule has 2 aliphatic rings. The number of hydrogen-bond donors (Lipinski definition) is 0. The first-order chi connectivity index (χ1) is 5.85. The normalized spacial score (nSPS) is 27.8. The van der Waals surface area contributed by atoms with Crippen molar-refractivity contribution in [3.63, 3.8) is 0 Å². The maximum absolute atomic E-state index is 3.49. The van der Waals surface area contributed by atoms with Crippen molar-refractivity contribution in [3.05, 3.63) is 0 Å². The Morgan fingerprint density at radius 3 is 2.75 bits per heavy atom. The van der Waals surface area contributed by atoms with Crippen molar-refractivity contribution in [1.82, 2.24) is 4.90 Å². The molecule has 70 valence electrons. The van der Waals surface area contributed by atoms with Crippen molar-refractivity contribution < 1.29 is 0 Å². The van der Waals surface area contributed by atoms with Crippen LogP contribution in [-0.2, 0) is 0 Å². The van der Waals surface area contributed by atoms with Gasteiger partial charge in [-0.05, 0) is 50.6 Å². The van der Waals surface area contributed by atoms with Crippen molar-refractivity contribution in [2.24, 2.45) is 5.41 Å². The van der Waals surface area contributed by atoms with Gasteiger partial charge in [0.1, 0.15) is 0 Å². The maximum Gasteiger partial charge on any atom is 0.00434 e. The smallest absolute Gasteiger partial charge is 0.00434 e. The molecule has 0 amide bonds. The molecule has 0 radical (unpaired) electrons. The highest BCUT2D eigenvalue weighted by Crippen LogP contribution is 2.51. The second kappa shape index (κ2) is 3.67. The molecule has 2 heteroatoms. The standard InChI is InChI=1S/C10H18BrN/c11-6-2-8-12-7-1-3-10(9-12)4-5-10/h1-9H2. The summed E-state index contributed by atoms with van der Waals surface area (Å²) in [5.74, 6) is 0. The topological polar surface area (TPSA) is 3.24 Å². The molecule has 2 fully saturated rings. The van der Waals surface area contributed by atoms with E-state index in [-0.39, 0.29) is 0 Å². The zero-order chi connectivity index (χ0) is 8.44. The van der Waals surface area contributed by atoms with Crippen molar-refractivity contribution in [3.8, 4) is 0 Å². The van der Waals surface area contributed by atoms with Crippen molar-refractivity contribution in [2.75, 3.05) is 25.0 Å². The van der Waals surface area contributed by atoms with Crippen LogP contribution in [0.3, 0.4) is 0 Å². The lowest BCUT2D eigenvalue weighted by atomic mass is 9.95. The lowest BCUT2D eigenvalue weighted by molar-refractivity contribution is 0.162. The van der Waals surface area contributed by atoms with Gasteiger partial charge in [0.05, 0.1) is 0 Å². The van der Waals surface area contributed by atoms with Gasteiger partial charge in [-0.3, -0.25) is 0 Å². The Balaban J connectivity index is 1.75. The van der Waals surface area contributed by atoms with Crippen LogP contribution in [0.15, 0.2) is 0 Å². The predicted molar refractivity (Wildman–Crippen MR) is 55.8 cm³/mol. The molecule has 0 aromatic carbocycles. The average Bonchev–Trinajstić information content (AvgIpc) is 2.82. The Hall–Kier alpha value is 0.440. The highest BCUT2D eigenvalue weighted by molar-refractivity contribution is 9.09. The van der Waals surface area contributed by atoms with Gasteiger partial charge in [-0.2, -0.15) is 0 Å². The Labute approximate surface area is 83.6 Å². The number of piperidine rings is 1. The van der Waals surface area contributed by atoms with E-state index in [2.05, 4.69) is 20.8 Å². The fourth-order valence-corrected chi connectivity index (χ4v) is 2.62. The van der Waals surface area contributed by atoms with Crippen LogP contribution in [0.25, 0.3) is 0 Å². The first kappa shape index (κ1) is 9.01. The van der Waals surface area contributed by atoms with Gasteiger partial charge in [0.25, 0.3) is 0 Å². The molecule has 0 aromatic heterocycles. The van der Waals surface area contributed by atoms with E-state index in [0.717, 1.165) is 10.7 Å². The predicted octanol–water partition coefficient (Wildman–Crippen LogP) is 2.65. The minimum Gasteiger partial charge on any atom is -0.303 e. The molecular weight excluding hydrogens is 214 g/mol. The average molecular weight is 232 g/mol. The number of nitrogens with zero attached hydrogens (tertiary/aromatic N) is 1. The lowest BCUT2D eigenvalue weighted by Gasteiger charge is -2.32. The summed E-state index contributed by atoms with van der Waals surface area (Å²) in [6.45, 7) is 4.07. The number of likely N-dealkylation sites (tertiary alicyclic amines) is 1. The Morgan fingerprint density at radius 2 is 2.08 bits per heavy atom. The number of halogens is 1. The molecule has 1 nitrogen and oxygen atoms in total. The SMILES string of the molecule is BrCCCN1CCCC2(CC2)C1. The maximum atomic E-state index is 3.49. The summed E-state index contributed by atoms with van der Waals surface area (Å²) >= 11 is 3.49. The van der Waals surface area contributed by atoms with E-state index < -0.39 is 0 Å². The van der Waals surface area contributed by atoms with Gasteiger partial charge < -0.3 is 4.90 Å². The molecule has 1 spiro atoms. The zero-order valence-corrected chi connectivity index (χ0v) is 9.28. The molecule has 1 heterocycles. The molecule has 0 aromatic rings. The van der Waals surface area contributed by atoms with E-state index in [9.17, 15) is 0 Å². The minimum atomic E-state index is 0.810. The van der Waals surface area contributed by atoms with E-state index in [1.165, 1.54) is 51.7 Å². The first-order valence-corrected chi connectivity index (χ1v) is 6.25. The van der Waals surface area contributed by atoms with Crippen LogP contribution in [0.4, 0.5) is 0 Å². The number of rotatable bonds is 3. The summed E-state index contributed by atoms with van der Waals surface area (Å²) < 4.78 is 0. The van der Waals surface area contributed by atoms with Gasteiger partial charge in [0.2, 0.25) is 0 Å². The minimum absolute atomic E-state index is 0.810. The third kappa shape index (κ3) is 2.02. The van der Waals surface area contributed by atoms with Crippen LogP contribution in [0.5, 0.6) is 0 Å². The third-order valence-electron chi connectivity index (χ3n) is 3.31. The molecule has 2 rings (SSSR count). The largest absolute Gasteiger partial charge is 0.303 e. The van der Waals surface area contributed by atoms with Gasteiger partial charge in [0.15, 0.2) is 0 Å². The highest BCUT2D eigenvalue weighted by atomic mass is 79.9. The first-order valence-electron chi connectivity index (χ1n) is 5.13. The van der Waals surface area contributed by atoms with E-state index in [0.29, 0.717) is 0 Å². The molecule has 1 saturated carbocycles. The zero-order valence-electron chi connectivity index (χ0n) is 7.69. The van der Waals surface area contributed by atoms with E-state index >= 15 is 0 Å². The van der Waals surface area contributed by atoms with Crippen LogP contribution >= 0.6 is 15.9 Å². The second-order valence-electron chi connectivity index (χ2n) is 4.42. The number of hydrogen-bond acceptors (Lipinski definition) is 1. The molecule has 1 aliphatic carbocycles. The van der Waals surface area contributed by atoms with Crippen LogP contribution in [0.1, 0.15) is 32.1 Å². The summed E-state index contributed by atoms with van der Waals surface area (Å²) in [6.07, 6.45) is 7.30. The van der Waals surface area contributed by atoms with Crippen LogP contribution in [-0.4, -0.2) is 29.9 Å². The molecule has 12 heavy (non-hydrogen) atoms.